The topological polar surface area (TPSA) is 49.8 Å². The van der Waals surface area contributed by atoms with E-state index >= 15 is 0 Å². The lowest BCUT2D eigenvalue weighted by molar-refractivity contribution is 0.0295. The molecule has 0 bridgehead atoms. The van der Waals surface area contributed by atoms with Crippen molar-refractivity contribution in [3.63, 3.8) is 0 Å². The third-order valence-corrected chi connectivity index (χ3v) is 4.20. The fourth-order valence-corrected chi connectivity index (χ4v) is 3.19. The summed E-state index contributed by atoms with van der Waals surface area (Å²) < 4.78 is 5.38. The van der Waals surface area contributed by atoms with Crippen LogP contribution in [0.5, 0.6) is 5.75 Å². The van der Waals surface area contributed by atoms with E-state index in [0.717, 1.165) is 17.9 Å². The van der Waals surface area contributed by atoms with Crippen LogP contribution in [0.2, 0.25) is 0 Å². The molecule has 0 aromatic heterocycles. The molecule has 110 valence electrons. The van der Waals surface area contributed by atoms with Gasteiger partial charge in [0.1, 0.15) is 11.4 Å². The highest BCUT2D eigenvalue weighted by molar-refractivity contribution is 8.00. The van der Waals surface area contributed by atoms with Gasteiger partial charge in [-0.25, -0.2) is 4.79 Å². The number of likely N-dealkylation sites (tertiary alicyclic amines) is 1. The summed E-state index contributed by atoms with van der Waals surface area (Å²) >= 11 is 1.74. The van der Waals surface area contributed by atoms with Crippen LogP contribution in [-0.4, -0.2) is 40.0 Å². The van der Waals surface area contributed by atoms with Crippen LogP contribution in [0.15, 0.2) is 29.2 Å². The van der Waals surface area contributed by atoms with E-state index in [2.05, 4.69) is 0 Å². The van der Waals surface area contributed by atoms with Crippen LogP contribution in [-0.2, 0) is 4.74 Å². The lowest BCUT2D eigenvalue weighted by Crippen LogP contribution is -2.35. The summed E-state index contributed by atoms with van der Waals surface area (Å²) in [7, 11) is 0. The summed E-state index contributed by atoms with van der Waals surface area (Å²) in [6.07, 6.45) is 0.733. The fourth-order valence-electron chi connectivity index (χ4n) is 2.03. The number of phenolic OH excluding ortho intramolecular Hbond substituents is 1. The van der Waals surface area contributed by atoms with Crippen LogP contribution in [0, 0.1) is 0 Å². The van der Waals surface area contributed by atoms with Crippen LogP contribution < -0.4 is 0 Å². The molecule has 1 aliphatic rings. The summed E-state index contributed by atoms with van der Waals surface area (Å²) in [6.45, 7) is 7.09. The summed E-state index contributed by atoms with van der Waals surface area (Å²) in [5.41, 5.74) is -0.445. The minimum Gasteiger partial charge on any atom is -0.508 e. The minimum absolute atomic E-state index is 0.230. The Labute approximate surface area is 124 Å². The lowest BCUT2D eigenvalue weighted by Gasteiger charge is -2.24. The van der Waals surface area contributed by atoms with Gasteiger partial charge >= 0.3 is 6.09 Å². The molecule has 5 heteroatoms. The minimum atomic E-state index is -0.445. The van der Waals surface area contributed by atoms with Gasteiger partial charge in [-0.15, -0.1) is 11.8 Å². The van der Waals surface area contributed by atoms with Crippen LogP contribution >= 0.6 is 11.8 Å². The molecule has 1 fully saturated rings. The van der Waals surface area contributed by atoms with Crippen molar-refractivity contribution >= 4 is 17.9 Å². The number of ether oxygens (including phenoxy) is 1. The van der Waals surface area contributed by atoms with E-state index in [9.17, 15) is 9.90 Å². The van der Waals surface area contributed by atoms with E-state index < -0.39 is 5.60 Å². The van der Waals surface area contributed by atoms with E-state index in [0.29, 0.717) is 11.8 Å². The first-order valence-corrected chi connectivity index (χ1v) is 7.65. The van der Waals surface area contributed by atoms with Gasteiger partial charge < -0.3 is 14.7 Å². The van der Waals surface area contributed by atoms with E-state index in [-0.39, 0.29) is 11.8 Å². The van der Waals surface area contributed by atoms with Crippen molar-refractivity contribution in [1.82, 2.24) is 4.90 Å². The molecule has 1 amide bonds. The van der Waals surface area contributed by atoms with Gasteiger partial charge in [-0.2, -0.15) is 0 Å². The number of nitrogens with zero attached hydrogens (tertiary/aromatic N) is 1. The molecule has 1 aliphatic heterocycles. The number of phenols is 1. The number of aromatic hydroxyl groups is 1. The molecule has 1 aromatic carbocycles. The standard InChI is InChI=1S/C15H21NO3S/c1-15(2,3)19-14(18)16-9-8-13(10-16)20-12-6-4-11(17)5-7-12/h4-7,13,17H,8-10H2,1-3H3/t13-/m1/s1. The van der Waals surface area contributed by atoms with E-state index in [1.54, 1.807) is 28.8 Å². The Bertz CT molecular complexity index is 467. The van der Waals surface area contributed by atoms with Crippen molar-refractivity contribution in [3.8, 4) is 5.75 Å². The quantitative estimate of drug-likeness (QED) is 0.907. The molecular formula is C15H21NO3S. The molecule has 1 saturated heterocycles. The Balaban J connectivity index is 1.86. The van der Waals surface area contributed by atoms with Crippen molar-refractivity contribution in [2.75, 3.05) is 13.1 Å². The fraction of sp³-hybridized carbons (Fsp3) is 0.533. The normalized spacial score (nSPS) is 19.1. The summed E-state index contributed by atoms with van der Waals surface area (Å²) in [5, 5.41) is 9.64. The zero-order valence-electron chi connectivity index (χ0n) is 12.1. The number of carbonyl (C=O) groups is 1. The molecule has 0 radical (unpaired) electrons. The van der Waals surface area contributed by atoms with Crippen molar-refractivity contribution < 1.29 is 14.6 Å². The number of rotatable bonds is 2. The Morgan fingerprint density at radius 1 is 1.35 bits per heavy atom. The summed E-state index contributed by atoms with van der Waals surface area (Å²) in [4.78, 5) is 14.8. The van der Waals surface area contributed by atoms with E-state index in [1.165, 1.54) is 0 Å². The van der Waals surface area contributed by atoms with E-state index in [1.807, 2.05) is 32.9 Å². The number of hydrogen-bond donors (Lipinski definition) is 1. The van der Waals surface area contributed by atoms with Gasteiger partial charge in [-0.05, 0) is 51.5 Å². The van der Waals surface area contributed by atoms with Crippen molar-refractivity contribution in [2.45, 2.75) is 42.9 Å². The second-order valence-electron chi connectivity index (χ2n) is 5.95. The van der Waals surface area contributed by atoms with Crippen LogP contribution in [0.4, 0.5) is 4.79 Å². The molecule has 1 aromatic rings. The third kappa shape index (κ3) is 4.34. The molecule has 20 heavy (non-hydrogen) atoms. The highest BCUT2D eigenvalue weighted by Crippen LogP contribution is 2.31. The van der Waals surface area contributed by atoms with Gasteiger partial charge in [0.2, 0.25) is 0 Å². The molecule has 0 spiro atoms. The molecule has 1 heterocycles. The average Bonchev–Trinajstić information content (AvgIpc) is 2.79. The van der Waals surface area contributed by atoms with Gasteiger partial charge in [0, 0.05) is 23.2 Å². The molecule has 1 N–H and O–H groups in total. The second-order valence-corrected chi connectivity index (χ2v) is 7.32. The smallest absolute Gasteiger partial charge is 0.410 e. The van der Waals surface area contributed by atoms with Crippen LogP contribution in [0.1, 0.15) is 27.2 Å². The van der Waals surface area contributed by atoms with Crippen molar-refractivity contribution in [3.05, 3.63) is 24.3 Å². The highest BCUT2D eigenvalue weighted by Gasteiger charge is 2.30. The van der Waals surface area contributed by atoms with Crippen molar-refractivity contribution in [1.29, 1.82) is 0 Å². The zero-order chi connectivity index (χ0) is 14.8. The maximum absolute atomic E-state index is 12.0. The maximum atomic E-state index is 12.0. The van der Waals surface area contributed by atoms with Gasteiger partial charge in [0.05, 0.1) is 0 Å². The monoisotopic (exact) mass is 295 g/mol. The number of hydrogen-bond acceptors (Lipinski definition) is 4. The van der Waals surface area contributed by atoms with Crippen LogP contribution in [0.3, 0.4) is 0 Å². The molecule has 0 unspecified atom stereocenters. The Morgan fingerprint density at radius 3 is 2.60 bits per heavy atom. The molecule has 2 rings (SSSR count). The number of benzene rings is 1. The zero-order valence-corrected chi connectivity index (χ0v) is 12.9. The molecule has 0 aliphatic carbocycles. The Hall–Kier alpha value is -1.36. The van der Waals surface area contributed by atoms with Gasteiger partial charge in [-0.1, -0.05) is 0 Å². The van der Waals surface area contributed by atoms with Gasteiger partial charge in [0.25, 0.3) is 0 Å². The Kier molecular flexibility index (Phi) is 4.48. The lowest BCUT2D eigenvalue weighted by atomic mass is 10.2. The second kappa shape index (κ2) is 5.95. The molecular weight excluding hydrogens is 274 g/mol. The number of thioether (sulfide) groups is 1. The van der Waals surface area contributed by atoms with Gasteiger partial charge in [0.15, 0.2) is 0 Å². The van der Waals surface area contributed by atoms with E-state index in [4.69, 9.17) is 4.74 Å². The molecule has 0 saturated carbocycles. The molecule has 4 nitrogen and oxygen atoms in total. The maximum Gasteiger partial charge on any atom is 0.410 e. The van der Waals surface area contributed by atoms with Gasteiger partial charge in [-0.3, -0.25) is 0 Å². The SMILES string of the molecule is CC(C)(C)OC(=O)N1CC[C@@H](Sc2ccc(O)cc2)C1. The molecule has 1 atom stereocenters. The first kappa shape index (κ1) is 15.0. The number of carbonyl (C=O) groups excluding carboxylic acids is 1. The average molecular weight is 295 g/mol. The first-order chi connectivity index (χ1) is 9.33. The predicted octanol–water partition coefficient (Wildman–Crippen LogP) is 3.49. The predicted molar refractivity (Wildman–Crippen MR) is 80.2 cm³/mol. The summed E-state index contributed by atoms with van der Waals surface area (Å²) in [5.74, 6) is 0.274. The Morgan fingerprint density at radius 2 is 2.00 bits per heavy atom. The number of amides is 1. The van der Waals surface area contributed by atoms with Crippen molar-refractivity contribution in [2.24, 2.45) is 0 Å². The first-order valence-electron chi connectivity index (χ1n) is 6.77. The third-order valence-electron chi connectivity index (χ3n) is 2.94. The van der Waals surface area contributed by atoms with Crippen LogP contribution in [0.25, 0.3) is 0 Å². The largest absolute Gasteiger partial charge is 0.508 e. The summed E-state index contributed by atoms with van der Waals surface area (Å²) in [6, 6.07) is 7.16. The highest BCUT2D eigenvalue weighted by atomic mass is 32.2.